The van der Waals surface area contributed by atoms with Gasteiger partial charge in [-0.3, -0.25) is 9.69 Å². The summed E-state index contributed by atoms with van der Waals surface area (Å²) in [6.45, 7) is 5.58. The lowest BCUT2D eigenvalue weighted by atomic mass is 10.0. The number of halogens is 1. The second kappa shape index (κ2) is 6.52. The first-order chi connectivity index (χ1) is 10.5. The second-order valence-electron chi connectivity index (χ2n) is 5.73. The highest BCUT2D eigenvalue weighted by Crippen LogP contribution is 2.32. The number of hydrogen-bond donors (Lipinski definition) is 1. The van der Waals surface area contributed by atoms with E-state index in [0.717, 1.165) is 23.1 Å². The molecule has 0 saturated carbocycles. The molecule has 1 aromatic carbocycles. The van der Waals surface area contributed by atoms with Gasteiger partial charge in [-0.1, -0.05) is 6.07 Å². The van der Waals surface area contributed by atoms with E-state index in [9.17, 15) is 4.79 Å². The van der Waals surface area contributed by atoms with E-state index < -0.39 is 0 Å². The standard InChI is InChI=1S/C17H19BrN2OS/c1-11-3-4-15(14(18)9-11)19-17(21)10-20-7-5-16-13(12(20)2)6-8-22-16/h3-4,6,8-9,12H,5,7,10H2,1-2H3,(H,19,21)/t12-/m1/s1. The molecule has 1 atom stereocenters. The first-order valence-corrected chi connectivity index (χ1v) is 9.08. The maximum absolute atomic E-state index is 12.3. The maximum Gasteiger partial charge on any atom is 0.238 e. The highest BCUT2D eigenvalue weighted by Gasteiger charge is 2.26. The Morgan fingerprint density at radius 1 is 1.45 bits per heavy atom. The van der Waals surface area contributed by atoms with E-state index in [2.05, 4.69) is 44.5 Å². The summed E-state index contributed by atoms with van der Waals surface area (Å²) in [7, 11) is 0. The van der Waals surface area contributed by atoms with Crippen LogP contribution in [0.5, 0.6) is 0 Å². The Labute approximate surface area is 143 Å². The van der Waals surface area contributed by atoms with Crippen LogP contribution in [0.2, 0.25) is 0 Å². The molecule has 0 unspecified atom stereocenters. The van der Waals surface area contributed by atoms with Crippen molar-refractivity contribution in [1.29, 1.82) is 0 Å². The summed E-state index contributed by atoms with van der Waals surface area (Å²) in [5.41, 5.74) is 3.37. The zero-order chi connectivity index (χ0) is 15.7. The van der Waals surface area contributed by atoms with Gasteiger partial charge in [0.25, 0.3) is 0 Å². The monoisotopic (exact) mass is 378 g/mol. The number of benzene rings is 1. The molecule has 1 aliphatic heterocycles. The van der Waals surface area contributed by atoms with Crippen LogP contribution >= 0.6 is 27.3 Å². The highest BCUT2D eigenvalue weighted by atomic mass is 79.9. The Kier molecular flexibility index (Phi) is 4.66. The SMILES string of the molecule is Cc1ccc(NC(=O)CN2CCc3sccc3[C@H]2C)c(Br)c1. The van der Waals surface area contributed by atoms with Crippen LogP contribution in [0, 0.1) is 6.92 Å². The van der Waals surface area contributed by atoms with Crippen LogP contribution in [-0.2, 0) is 11.2 Å². The highest BCUT2D eigenvalue weighted by molar-refractivity contribution is 9.10. The second-order valence-corrected chi connectivity index (χ2v) is 7.58. The van der Waals surface area contributed by atoms with Gasteiger partial charge in [0.05, 0.1) is 12.2 Å². The first kappa shape index (κ1) is 15.7. The van der Waals surface area contributed by atoms with E-state index in [4.69, 9.17) is 0 Å². The number of anilines is 1. The molecule has 0 bridgehead atoms. The van der Waals surface area contributed by atoms with Crippen LogP contribution < -0.4 is 5.32 Å². The number of carbonyl (C=O) groups is 1. The molecule has 0 saturated heterocycles. The van der Waals surface area contributed by atoms with Crippen molar-refractivity contribution < 1.29 is 4.79 Å². The van der Waals surface area contributed by atoms with E-state index >= 15 is 0 Å². The van der Waals surface area contributed by atoms with Gasteiger partial charge < -0.3 is 5.32 Å². The Balaban J connectivity index is 1.65. The Morgan fingerprint density at radius 2 is 2.27 bits per heavy atom. The molecule has 0 spiro atoms. The Bertz CT molecular complexity index is 698. The zero-order valence-electron chi connectivity index (χ0n) is 12.7. The molecule has 1 N–H and O–H groups in total. The molecule has 1 amide bonds. The summed E-state index contributed by atoms with van der Waals surface area (Å²) in [5.74, 6) is 0.0371. The van der Waals surface area contributed by atoms with Gasteiger partial charge in [0.2, 0.25) is 5.91 Å². The normalized spacial score (nSPS) is 18.0. The van der Waals surface area contributed by atoms with Crippen LogP contribution in [0.25, 0.3) is 0 Å². The number of aryl methyl sites for hydroxylation is 1. The fourth-order valence-corrected chi connectivity index (χ4v) is 4.43. The average Bonchev–Trinajstić information content (AvgIpc) is 2.94. The molecule has 22 heavy (non-hydrogen) atoms. The van der Waals surface area contributed by atoms with E-state index in [1.807, 2.05) is 36.5 Å². The van der Waals surface area contributed by atoms with Crippen LogP contribution in [0.3, 0.4) is 0 Å². The maximum atomic E-state index is 12.3. The summed E-state index contributed by atoms with van der Waals surface area (Å²) >= 11 is 5.32. The largest absolute Gasteiger partial charge is 0.324 e. The Morgan fingerprint density at radius 3 is 3.05 bits per heavy atom. The van der Waals surface area contributed by atoms with Crippen molar-refractivity contribution >= 4 is 38.9 Å². The molecule has 0 aliphatic carbocycles. The number of nitrogens with one attached hydrogen (secondary N) is 1. The topological polar surface area (TPSA) is 32.3 Å². The van der Waals surface area contributed by atoms with Gasteiger partial charge in [0.15, 0.2) is 0 Å². The summed E-state index contributed by atoms with van der Waals surface area (Å²) in [4.78, 5) is 16.0. The van der Waals surface area contributed by atoms with Crippen molar-refractivity contribution in [3.63, 3.8) is 0 Å². The number of rotatable bonds is 3. The molecule has 1 aliphatic rings. The van der Waals surface area contributed by atoms with Crippen LogP contribution in [0.4, 0.5) is 5.69 Å². The van der Waals surface area contributed by atoms with Crippen molar-refractivity contribution in [2.75, 3.05) is 18.4 Å². The summed E-state index contributed by atoms with van der Waals surface area (Å²) in [6.07, 6.45) is 1.04. The minimum Gasteiger partial charge on any atom is -0.324 e. The number of nitrogens with zero attached hydrogens (tertiary/aromatic N) is 1. The molecule has 5 heteroatoms. The van der Waals surface area contributed by atoms with Crippen LogP contribution in [-0.4, -0.2) is 23.9 Å². The predicted octanol–water partition coefficient (Wildman–Crippen LogP) is 4.38. The van der Waals surface area contributed by atoms with Gasteiger partial charge in [-0.15, -0.1) is 11.3 Å². The molecule has 116 valence electrons. The van der Waals surface area contributed by atoms with Crippen LogP contribution in [0.15, 0.2) is 34.1 Å². The smallest absolute Gasteiger partial charge is 0.238 e. The van der Waals surface area contributed by atoms with E-state index in [1.165, 1.54) is 16.0 Å². The molecular weight excluding hydrogens is 360 g/mol. The molecule has 2 heterocycles. The van der Waals surface area contributed by atoms with E-state index in [-0.39, 0.29) is 5.91 Å². The summed E-state index contributed by atoms with van der Waals surface area (Å²) in [6, 6.07) is 8.44. The number of hydrogen-bond acceptors (Lipinski definition) is 3. The van der Waals surface area contributed by atoms with Gasteiger partial charge in [0, 0.05) is 21.9 Å². The van der Waals surface area contributed by atoms with Crippen molar-refractivity contribution in [3.05, 3.63) is 50.1 Å². The van der Waals surface area contributed by atoms with Crippen molar-refractivity contribution in [2.24, 2.45) is 0 Å². The van der Waals surface area contributed by atoms with Gasteiger partial charge in [-0.2, -0.15) is 0 Å². The summed E-state index contributed by atoms with van der Waals surface area (Å²) in [5, 5.41) is 5.15. The first-order valence-electron chi connectivity index (χ1n) is 7.41. The molecule has 2 aromatic rings. The van der Waals surface area contributed by atoms with Gasteiger partial charge in [-0.05, 0) is 70.9 Å². The quantitative estimate of drug-likeness (QED) is 0.859. The van der Waals surface area contributed by atoms with Gasteiger partial charge in [-0.25, -0.2) is 0 Å². The van der Waals surface area contributed by atoms with Crippen molar-refractivity contribution in [3.8, 4) is 0 Å². The molecule has 3 rings (SSSR count). The lowest BCUT2D eigenvalue weighted by Gasteiger charge is -2.32. The summed E-state index contributed by atoms with van der Waals surface area (Å²) < 4.78 is 0.924. The number of thiophene rings is 1. The molecule has 3 nitrogen and oxygen atoms in total. The molecule has 0 fully saturated rings. The molecular formula is C17H19BrN2OS. The predicted molar refractivity (Wildman–Crippen MR) is 95.5 cm³/mol. The fraction of sp³-hybridized carbons (Fsp3) is 0.353. The minimum absolute atomic E-state index is 0.0371. The molecule has 0 radical (unpaired) electrons. The lowest BCUT2D eigenvalue weighted by molar-refractivity contribution is -0.117. The van der Waals surface area contributed by atoms with Gasteiger partial charge in [0.1, 0.15) is 0 Å². The van der Waals surface area contributed by atoms with Crippen LogP contribution in [0.1, 0.15) is 29.0 Å². The zero-order valence-corrected chi connectivity index (χ0v) is 15.1. The Hall–Kier alpha value is -1.17. The fourth-order valence-electron chi connectivity index (χ4n) is 2.87. The number of amides is 1. The third-order valence-electron chi connectivity index (χ3n) is 4.15. The number of fused-ring (bicyclic) bond motifs is 1. The third kappa shape index (κ3) is 3.26. The van der Waals surface area contributed by atoms with E-state index in [1.54, 1.807) is 0 Å². The molecule has 1 aromatic heterocycles. The number of carbonyl (C=O) groups excluding carboxylic acids is 1. The third-order valence-corrected chi connectivity index (χ3v) is 5.80. The van der Waals surface area contributed by atoms with E-state index in [0.29, 0.717) is 12.6 Å². The average molecular weight is 379 g/mol. The lowest BCUT2D eigenvalue weighted by Crippen LogP contribution is -2.39. The van der Waals surface area contributed by atoms with Crippen molar-refractivity contribution in [2.45, 2.75) is 26.3 Å². The minimum atomic E-state index is 0.0371. The van der Waals surface area contributed by atoms with Crippen molar-refractivity contribution in [1.82, 2.24) is 4.90 Å². The van der Waals surface area contributed by atoms with Gasteiger partial charge >= 0.3 is 0 Å².